The van der Waals surface area contributed by atoms with Crippen molar-refractivity contribution < 1.29 is 14.0 Å². The molecular weight excluding hydrogens is 354 g/mol. The summed E-state index contributed by atoms with van der Waals surface area (Å²) >= 11 is 11.9. The van der Waals surface area contributed by atoms with Crippen LogP contribution in [-0.2, 0) is 4.79 Å². The minimum atomic E-state index is -0.764. The summed E-state index contributed by atoms with van der Waals surface area (Å²) in [5, 5.41) is 5.35. The third-order valence-corrected chi connectivity index (χ3v) is 3.91. The molecule has 4 nitrogen and oxygen atoms in total. The van der Waals surface area contributed by atoms with E-state index in [0.717, 1.165) is 17.2 Å². The van der Waals surface area contributed by atoms with Crippen LogP contribution >= 0.6 is 23.2 Å². The standard InChI is InChI=1S/C17H15Cl2FN2O2/c1-9-6-10(2)16(12(19)7-9)22-14(23)8-21-17(24)15-11(18)4-3-5-13(15)20/h3-7H,8H2,1-2H3,(H,21,24)(H,22,23). The van der Waals surface area contributed by atoms with Crippen LogP contribution in [0.15, 0.2) is 30.3 Å². The van der Waals surface area contributed by atoms with Crippen molar-refractivity contribution in [3.63, 3.8) is 0 Å². The highest BCUT2D eigenvalue weighted by atomic mass is 35.5. The Morgan fingerprint density at radius 2 is 1.83 bits per heavy atom. The van der Waals surface area contributed by atoms with Crippen LogP contribution in [0.25, 0.3) is 0 Å². The van der Waals surface area contributed by atoms with Gasteiger partial charge in [0.1, 0.15) is 5.82 Å². The fraction of sp³-hybridized carbons (Fsp3) is 0.176. The Hall–Kier alpha value is -2.11. The van der Waals surface area contributed by atoms with Gasteiger partial charge in [0.2, 0.25) is 5.91 Å². The quantitative estimate of drug-likeness (QED) is 0.852. The van der Waals surface area contributed by atoms with Crippen molar-refractivity contribution >= 4 is 40.7 Å². The highest BCUT2D eigenvalue weighted by Crippen LogP contribution is 2.27. The Kier molecular flexibility index (Phi) is 5.80. The van der Waals surface area contributed by atoms with Crippen molar-refractivity contribution in [1.82, 2.24) is 5.32 Å². The molecule has 0 unspecified atom stereocenters. The van der Waals surface area contributed by atoms with Gasteiger partial charge in [-0.15, -0.1) is 0 Å². The van der Waals surface area contributed by atoms with Crippen LogP contribution in [0.3, 0.4) is 0 Å². The zero-order chi connectivity index (χ0) is 17.9. The lowest BCUT2D eigenvalue weighted by atomic mass is 10.1. The Morgan fingerprint density at radius 3 is 2.46 bits per heavy atom. The molecule has 0 aliphatic rings. The Morgan fingerprint density at radius 1 is 1.12 bits per heavy atom. The lowest BCUT2D eigenvalue weighted by Crippen LogP contribution is -2.33. The molecule has 0 saturated carbocycles. The highest BCUT2D eigenvalue weighted by Gasteiger charge is 2.17. The van der Waals surface area contributed by atoms with E-state index in [1.807, 2.05) is 19.9 Å². The van der Waals surface area contributed by atoms with Gasteiger partial charge < -0.3 is 10.6 Å². The first-order valence-corrected chi connectivity index (χ1v) is 7.84. The molecule has 2 rings (SSSR count). The second-order valence-electron chi connectivity index (χ2n) is 5.27. The molecule has 0 radical (unpaired) electrons. The van der Waals surface area contributed by atoms with Crippen molar-refractivity contribution in [1.29, 1.82) is 0 Å². The molecule has 2 aromatic rings. The van der Waals surface area contributed by atoms with E-state index >= 15 is 0 Å². The molecule has 0 aromatic heterocycles. The number of hydrogen-bond donors (Lipinski definition) is 2. The maximum atomic E-state index is 13.7. The smallest absolute Gasteiger partial charge is 0.256 e. The molecular formula is C17H15Cl2FN2O2. The monoisotopic (exact) mass is 368 g/mol. The van der Waals surface area contributed by atoms with E-state index in [1.54, 1.807) is 6.07 Å². The van der Waals surface area contributed by atoms with Crippen LogP contribution < -0.4 is 10.6 Å². The fourth-order valence-electron chi connectivity index (χ4n) is 2.22. The molecule has 2 aromatic carbocycles. The van der Waals surface area contributed by atoms with Gasteiger partial charge in [-0.1, -0.05) is 35.3 Å². The van der Waals surface area contributed by atoms with Gasteiger partial charge in [-0.2, -0.15) is 0 Å². The molecule has 0 bridgehead atoms. The Bertz CT molecular complexity index is 766. The van der Waals surface area contributed by atoms with Crippen LogP contribution in [0, 0.1) is 19.7 Å². The average molecular weight is 369 g/mol. The third kappa shape index (κ3) is 4.24. The third-order valence-electron chi connectivity index (χ3n) is 3.30. The molecule has 0 aliphatic heterocycles. The molecule has 0 spiro atoms. The first-order chi connectivity index (χ1) is 11.3. The van der Waals surface area contributed by atoms with Gasteiger partial charge in [0, 0.05) is 0 Å². The first kappa shape index (κ1) is 18.2. The van der Waals surface area contributed by atoms with Gasteiger partial charge >= 0.3 is 0 Å². The molecule has 7 heteroatoms. The van der Waals surface area contributed by atoms with Gasteiger partial charge in [0.05, 0.1) is 27.8 Å². The summed E-state index contributed by atoms with van der Waals surface area (Å²) in [6.07, 6.45) is 0. The molecule has 2 amide bonds. The van der Waals surface area contributed by atoms with Gasteiger partial charge in [-0.3, -0.25) is 9.59 Å². The number of nitrogens with one attached hydrogen (secondary N) is 2. The summed E-state index contributed by atoms with van der Waals surface area (Å²) in [7, 11) is 0. The predicted octanol–water partition coefficient (Wildman–Crippen LogP) is 4.12. The lowest BCUT2D eigenvalue weighted by molar-refractivity contribution is -0.115. The predicted molar refractivity (Wildman–Crippen MR) is 93.3 cm³/mol. The lowest BCUT2D eigenvalue weighted by Gasteiger charge is -2.12. The SMILES string of the molecule is Cc1cc(C)c(NC(=O)CNC(=O)c2c(F)cccc2Cl)c(Cl)c1. The highest BCUT2D eigenvalue weighted by molar-refractivity contribution is 6.34. The minimum absolute atomic E-state index is 0.0228. The summed E-state index contributed by atoms with van der Waals surface area (Å²) in [6, 6.07) is 7.51. The molecule has 0 atom stereocenters. The largest absolute Gasteiger partial charge is 0.343 e. The Balaban J connectivity index is 2.03. The van der Waals surface area contributed by atoms with Crippen LogP contribution in [-0.4, -0.2) is 18.4 Å². The molecule has 0 fully saturated rings. The van der Waals surface area contributed by atoms with E-state index in [4.69, 9.17) is 23.2 Å². The molecule has 2 N–H and O–H groups in total. The van der Waals surface area contributed by atoms with E-state index in [1.165, 1.54) is 12.1 Å². The number of amides is 2. The van der Waals surface area contributed by atoms with E-state index in [2.05, 4.69) is 10.6 Å². The molecule has 0 saturated heterocycles. The van der Waals surface area contributed by atoms with Crippen molar-refractivity contribution in [2.45, 2.75) is 13.8 Å². The Labute approximate surface area is 149 Å². The van der Waals surface area contributed by atoms with E-state index in [-0.39, 0.29) is 17.1 Å². The van der Waals surface area contributed by atoms with Gasteiger partial charge in [0.15, 0.2) is 0 Å². The normalized spacial score (nSPS) is 10.4. The fourth-order valence-corrected chi connectivity index (χ4v) is 2.84. The second kappa shape index (κ2) is 7.64. The number of anilines is 1. The number of aryl methyl sites for hydroxylation is 2. The summed E-state index contributed by atoms with van der Waals surface area (Å²) in [6.45, 7) is 3.36. The summed E-state index contributed by atoms with van der Waals surface area (Å²) in [5.74, 6) is -2.00. The average Bonchev–Trinajstić information content (AvgIpc) is 2.48. The van der Waals surface area contributed by atoms with Gasteiger partial charge in [-0.25, -0.2) is 4.39 Å². The number of carbonyl (C=O) groups is 2. The number of hydrogen-bond acceptors (Lipinski definition) is 2. The minimum Gasteiger partial charge on any atom is -0.343 e. The van der Waals surface area contributed by atoms with Gasteiger partial charge in [0.25, 0.3) is 5.91 Å². The summed E-state index contributed by atoms with van der Waals surface area (Å²) in [5.41, 5.74) is 1.96. The van der Waals surface area contributed by atoms with E-state index < -0.39 is 17.6 Å². The molecule has 0 heterocycles. The summed E-state index contributed by atoms with van der Waals surface area (Å²) < 4.78 is 13.7. The topological polar surface area (TPSA) is 58.2 Å². The van der Waals surface area contributed by atoms with Crippen molar-refractivity contribution in [3.05, 3.63) is 62.9 Å². The summed E-state index contributed by atoms with van der Waals surface area (Å²) in [4.78, 5) is 24.0. The second-order valence-corrected chi connectivity index (χ2v) is 6.08. The van der Waals surface area contributed by atoms with Crippen LogP contribution in [0.5, 0.6) is 0 Å². The zero-order valence-electron chi connectivity index (χ0n) is 13.0. The number of benzene rings is 2. The van der Waals surface area contributed by atoms with Crippen molar-refractivity contribution in [2.75, 3.05) is 11.9 Å². The van der Waals surface area contributed by atoms with Crippen molar-refractivity contribution in [2.24, 2.45) is 0 Å². The molecule has 126 valence electrons. The molecule has 24 heavy (non-hydrogen) atoms. The number of rotatable bonds is 4. The molecule has 0 aliphatic carbocycles. The zero-order valence-corrected chi connectivity index (χ0v) is 14.6. The van der Waals surface area contributed by atoms with Crippen LogP contribution in [0.1, 0.15) is 21.5 Å². The van der Waals surface area contributed by atoms with E-state index in [0.29, 0.717) is 10.7 Å². The number of carbonyl (C=O) groups excluding carboxylic acids is 2. The van der Waals surface area contributed by atoms with E-state index in [9.17, 15) is 14.0 Å². The maximum absolute atomic E-state index is 13.7. The first-order valence-electron chi connectivity index (χ1n) is 7.08. The maximum Gasteiger partial charge on any atom is 0.256 e. The van der Waals surface area contributed by atoms with Crippen molar-refractivity contribution in [3.8, 4) is 0 Å². The van der Waals surface area contributed by atoms with Crippen LogP contribution in [0.2, 0.25) is 10.0 Å². The van der Waals surface area contributed by atoms with Gasteiger partial charge in [-0.05, 0) is 43.2 Å². The number of halogens is 3. The van der Waals surface area contributed by atoms with Crippen LogP contribution in [0.4, 0.5) is 10.1 Å².